The molecule has 5 heteroatoms. The summed E-state index contributed by atoms with van der Waals surface area (Å²) >= 11 is 0. The third-order valence-electron chi connectivity index (χ3n) is 4.07. The number of amides is 1. The lowest BCUT2D eigenvalue weighted by Crippen LogP contribution is -2.22. The summed E-state index contributed by atoms with van der Waals surface area (Å²) in [6.07, 6.45) is -0.976. The Morgan fingerprint density at radius 3 is 1.88 bits per heavy atom. The molecule has 3 aromatic carbocycles. The lowest BCUT2D eigenvalue weighted by atomic mass is 9.82. The maximum Gasteiger partial charge on any atom is 0.409 e. The Bertz CT molecular complexity index is 1050. The second kappa shape index (κ2) is 5.03. The molecule has 1 amide bonds. The van der Waals surface area contributed by atoms with Crippen molar-refractivity contribution in [3.05, 3.63) is 76.9 Å². The molecular formula is C19H11NO4. The van der Waals surface area contributed by atoms with Gasteiger partial charge in [0.05, 0.1) is 0 Å². The number of rotatable bonds is 1. The average molecular weight is 317 g/mol. The van der Waals surface area contributed by atoms with E-state index in [1.807, 2.05) is 24.3 Å². The monoisotopic (exact) mass is 317 g/mol. The molecule has 1 aliphatic carbocycles. The Balaban J connectivity index is 1.92. The van der Waals surface area contributed by atoms with Crippen LogP contribution in [0.4, 0.5) is 4.79 Å². The number of benzene rings is 3. The van der Waals surface area contributed by atoms with Gasteiger partial charge in [-0.05, 0) is 41.1 Å². The molecule has 0 aromatic heterocycles. The van der Waals surface area contributed by atoms with Crippen LogP contribution in [0, 0.1) is 0 Å². The Hall–Kier alpha value is -3.47. The van der Waals surface area contributed by atoms with Crippen molar-refractivity contribution in [1.29, 1.82) is 0 Å². The minimum Gasteiger partial charge on any atom is -0.410 e. The van der Waals surface area contributed by atoms with Gasteiger partial charge in [-0.1, -0.05) is 24.3 Å². The summed E-state index contributed by atoms with van der Waals surface area (Å²) < 4.78 is 4.80. The highest BCUT2D eigenvalue weighted by atomic mass is 16.5. The van der Waals surface area contributed by atoms with Gasteiger partial charge in [0.2, 0.25) is 0 Å². The van der Waals surface area contributed by atoms with E-state index >= 15 is 0 Å². The molecule has 1 aliphatic rings. The van der Waals surface area contributed by atoms with Crippen LogP contribution in [-0.2, 0) is 0 Å². The Labute approximate surface area is 136 Å². The zero-order valence-corrected chi connectivity index (χ0v) is 12.4. The van der Waals surface area contributed by atoms with Crippen molar-refractivity contribution in [2.24, 2.45) is 5.73 Å². The number of fused-ring (bicyclic) bond motifs is 3. The summed E-state index contributed by atoms with van der Waals surface area (Å²) in [6.45, 7) is 0. The first kappa shape index (κ1) is 14.1. The van der Waals surface area contributed by atoms with Crippen molar-refractivity contribution in [1.82, 2.24) is 0 Å². The zero-order valence-electron chi connectivity index (χ0n) is 12.4. The molecule has 0 saturated heterocycles. The zero-order chi connectivity index (χ0) is 16.8. The van der Waals surface area contributed by atoms with Gasteiger partial charge in [0.15, 0.2) is 11.6 Å². The second-order valence-corrected chi connectivity index (χ2v) is 5.53. The number of hydrogen-bond donors (Lipinski definition) is 1. The number of ether oxygens (including phenoxy) is 1. The van der Waals surface area contributed by atoms with Gasteiger partial charge in [0.25, 0.3) is 0 Å². The molecule has 116 valence electrons. The number of nitrogens with two attached hydrogens (primary N) is 1. The molecule has 5 nitrogen and oxygen atoms in total. The first-order valence-electron chi connectivity index (χ1n) is 7.28. The van der Waals surface area contributed by atoms with Crippen molar-refractivity contribution >= 4 is 28.4 Å². The highest BCUT2D eigenvalue weighted by Crippen LogP contribution is 2.32. The van der Waals surface area contributed by atoms with E-state index in [9.17, 15) is 14.4 Å². The predicted octanol–water partition coefficient (Wildman–Crippen LogP) is 3.07. The first-order valence-corrected chi connectivity index (χ1v) is 7.28. The number of carbonyl (C=O) groups excluding carboxylic acids is 3. The highest BCUT2D eigenvalue weighted by molar-refractivity contribution is 6.29. The SMILES string of the molecule is NC(=O)Oc1ccc2c(c1)C(=O)c1cc3ccccc3cc1C2=O. The van der Waals surface area contributed by atoms with Crippen LogP contribution >= 0.6 is 0 Å². The summed E-state index contributed by atoms with van der Waals surface area (Å²) in [7, 11) is 0. The fourth-order valence-corrected chi connectivity index (χ4v) is 3.00. The van der Waals surface area contributed by atoms with Crippen molar-refractivity contribution in [2.75, 3.05) is 0 Å². The smallest absolute Gasteiger partial charge is 0.409 e. The maximum atomic E-state index is 12.8. The molecular weight excluding hydrogens is 306 g/mol. The van der Waals surface area contributed by atoms with Crippen LogP contribution in [0.3, 0.4) is 0 Å². The number of ketones is 2. The van der Waals surface area contributed by atoms with E-state index < -0.39 is 6.09 Å². The minimum atomic E-state index is -0.976. The average Bonchev–Trinajstić information content (AvgIpc) is 2.58. The van der Waals surface area contributed by atoms with Crippen LogP contribution < -0.4 is 10.5 Å². The van der Waals surface area contributed by atoms with E-state index in [4.69, 9.17) is 10.5 Å². The molecule has 0 radical (unpaired) electrons. The minimum absolute atomic E-state index is 0.131. The molecule has 2 N–H and O–H groups in total. The summed E-state index contributed by atoms with van der Waals surface area (Å²) in [4.78, 5) is 36.4. The second-order valence-electron chi connectivity index (χ2n) is 5.53. The van der Waals surface area contributed by atoms with E-state index in [2.05, 4.69) is 0 Å². The van der Waals surface area contributed by atoms with E-state index in [-0.39, 0.29) is 22.9 Å². The van der Waals surface area contributed by atoms with Gasteiger partial charge < -0.3 is 10.5 Å². The fraction of sp³-hybridized carbons (Fsp3) is 0. The van der Waals surface area contributed by atoms with Crippen molar-refractivity contribution < 1.29 is 19.1 Å². The van der Waals surface area contributed by atoms with Gasteiger partial charge in [0, 0.05) is 22.3 Å². The molecule has 3 aromatic rings. The van der Waals surface area contributed by atoms with E-state index in [0.29, 0.717) is 16.7 Å². The van der Waals surface area contributed by atoms with E-state index in [1.165, 1.54) is 18.2 Å². The van der Waals surface area contributed by atoms with Crippen LogP contribution in [0.25, 0.3) is 10.8 Å². The third-order valence-corrected chi connectivity index (χ3v) is 4.07. The molecule has 24 heavy (non-hydrogen) atoms. The summed E-state index contributed by atoms with van der Waals surface area (Å²) in [5.74, 6) is -0.372. The fourth-order valence-electron chi connectivity index (χ4n) is 3.00. The summed E-state index contributed by atoms with van der Waals surface area (Å²) in [5, 5.41) is 1.78. The topological polar surface area (TPSA) is 86.5 Å². The Kier molecular flexibility index (Phi) is 2.96. The molecule has 0 aliphatic heterocycles. The van der Waals surface area contributed by atoms with Crippen LogP contribution in [-0.4, -0.2) is 17.7 Å². The lowest BCUT2D eigenvalue weighted by Gasteiger charge is -2.18. The van der Waals surface area contributed by atoms with Crippen LogP contribution in [0.15, 0.2) is 54.6 Å². The van der Waals surface area contributed by atoms with Gasteiger partial charge in [-0.2, -0.15) is 0 Å². The number of hydrogen-bond acceptors (Lipinski definition) is 4. The Morgan fingerprint density at radius 1 is 0.750 bits per heavy atom. The molecule has 4 rings (SSSR count). The van der Waals surface area contributed by atoms with E-state index in [1.54, 1.807) is 12.1 Å². The standard InChI is InChI=1S/C19H11NO4/c20-19(23)24-12-5-6-13-16(9-12)18(22)15-8-11-4-2-1-3-10(11)7-14(15)17(13)21/h1-9H,(H2,20,23). The molecule has 0 fully saturated rings. The van der Waals surface area contributed by atoms with Crippen molar-refractivity contribution in [3.63, 3.8) is 0 Å². The van der Waals surface area contributed by atoms with Gasteiger partial charge in [-0.3, -0.25) is 9.59 Å². The van der Waals surface area contributed by atoms with Gasteiger partial charge in [-0.15, -0.1) is 0 Å². The third kappa shape index (κ3) is 2.06. The summed E-state index contributed by atoms with van der Waals surface area (Å²) in [5.41, 5.74) is 6.22. The van der Waals surface area contributed by atoms with Crippen molar-refractivity contribution in [3.8, 4) is 5.75 Å². The van der Waals surface area contributed by atoms with Crippen molar-refractivity contribution in [2.45, 2.75) is 0 Å². The largest absolute Gasteiger partial charge is 0.410 e. The molecule has 0 unspecified atom stereocenters. The predicted molar refractivity (Wildman–Crippen MR) is 87.5 cm³/mol. The molecule has 0 saturated carbocycles. The molecule has 0 atom stereocenters. The molecule has 0 spiro atoms. The van der Waals surface area contributed by atoms with Gasteiger partial charge in [0.1, 0.15) is 5.75 Å². The van der Waals surface area contributed by atoms with Crippen LogP contribution in [0.1, 0.15) is 31.8 Å². The van der Waals surface area contributed by atoms with Crippen LogP contribution in [0.2, 0.25) is 0 Å². The lowest BCUT2D eigenvalue weighted by molar-refractivity contribution is 0.0979. The van der Waals surface area contributed by atoms with E-state index in [0.717, 1.165) is 10.8 Å². The maximum absolute atomic E-state index is 12.8. The highest BCUT2D eigenvalue weighted by Gasteiger charge is 2.30. The van der Waals surface area contributed by atoms with Gasteiger partial charge >= 0.3 is 6.09 Å². The van der Waals surface area contributed by atoms with Gasteiger partial charge in [-0.25, -0.2) is 4.79 Å². The quantitative estimate of drug-likeness (QED) is 0.584. The molecule has 0 bridgehead atoms. The Morgan fingerprint density at radius 2 is 1.29 bits per heavy atom. The van der Waals surface area contributed by atoms with Crippen LogP contribution in [0.5, 0.6) is 5.75 Å². The first-order chi connectivity index (χ1) is 11.5. The summed E-state index contributed by atoms with van der Waals surface area (Å²) in [6, 6.07) is 15.3. The number of carbonyl (C=O) groups is 3. The normalized spacial score (nSPS) is 12.7. The number of primary amides is 1. The molecule has 0 heterocycles.